The van der Waals surface area contributed by atoms with Gasteiger partial charge in [-0.1, -0.05) is 197 Å². The van der Waals surface area contributed by atoms with Crippen LogP contribution in [-0.4, -0.2) is 16.2 Å². The summed E-state index contributed by atoms with van der Waals surface area (Å²) in [5, 5.41) is 2.42. The maximum absolute atomic E-state index is 5.08. The fourth-order valence-corrected chi connectivity index (χ4v) is 11.2. The predicted octanol–water partition coefficient (Wildman–Crippen LogP) is 17.6. The Morgan fingerprint density at radius 3 is 1.58 bits per heavy atom. The number of fused-ring (bicyclic) bond motifs is 3. The Morgan fingerprint density at radius 2 is 0.986 bits per heavy atom. The van der Waals surface area contributed by atoms with Gasteiger partial charge in [0, 0.05) is 39.7 Å². The largest absolute Gasteiger partial charge is 0.325 e. The molecule has 0 N–H and O–H groups in total. The summed E-state index contributed by atoms with van der Waals surface area (Å²) in [6, 6.07) is 66.4. The van der Waals surface area contributed by atoms with Crippen LogP contribution in [0.25, 0.3) is 38.8 Å². The number of anilines is 2. The van der Waals surface area contributed by atoms with Crippen molar-refractivity contribution in [1.82, 2.24) is 9.55 Å². The fourth-order valence-electron chi connectivity index (χ4n) is 11.2. The van der Waals surface area contributed by atoms with Gasteiger partial charge < -0.3 is 9.80 Å². The van der Waals surface area contributed by atoms with Gasteiger partial charge in [0.05, 0.1) is 23.1 Å². The monoisotopic (exact) mass is 931 g/mol. The van der Waals surface area contributed by atoms with Crippen LogP contribution in [0, 0.1) is 0 Å². The molecule has 0 saturated heterocycles. The highest BCUT2D eigenvalue weighted by Crippen LogP contribution is 2.50. The second-order valence-corrected chi connectivity index (χ2v) is 22.6. The lowest BCUT2D eigenvalue weighted by Gasteiger charge is -2.39. The number of rotatable bonds is 10. The number of benzene rings is 7. The van der Waals surface area contributed by atoms with Gasteiger partial charge in [0.25, 0.3) is 0 Å². The fraction of sp³-hybridized carbons (Fsp3) is 0.269. The van der Waals surface area contributed by atoms with Gasteiger partial charge in [-0.05, 0) is 141 Å². The Bertz CT molecular complexity index is 3360. The minimum Gasteiger partial charge on any atom is -0.325 e. The highest BCUT2D eigenvalue weighted by molar-refractivity contribution is 6.09. The van der Waals surface area contributed by atoms with E-state index in [-0.39, 0.29) is 10.8 Å². The molecule has 0 radical (unpaired) electrons. The minimum atomic E-state index is -0.711. The number of para-hydroxylation sites is 1. The summed E-state index contributed by atoms with van der Waals surface area (Å²) in [4.78, 5) is 10.1. The Labute approximate surface area is 423 Å². The third-order valence-corrected chi connectivity index (χ3v) is 15.3. The number of pyridine rings is 1. The van der Waals surface area contributed by atoms with Crippen LogP contribution in [0.3, 0.4) is 0 Å². The zero-order valence-electron chi connectivity index (χ0n) is 44.0. The number of aromatic nitrogens is 2. The lowest BCUT2D eigenvalue weighted by Crippen LogP contribution is -2.33. The van der Waals surface area contributed by atoms with Crippen LogP contribution in [0.2, 0.25) is 0 Å². The van der Waals surface area contributed by atoms with E-state index in [0.717, 1.165) is 16.9 Å². The molecule has 71 heavy (non-hydrogen) atoms. The summed E-state index contributed by atoms with van der Waals surface area (Å²) in [5.41, 5.74) is 19.1. The van der Waals surface area contributed by atoms with Crippen LogP contribution in [-0.2, 0) is 16.2 Å². The second kappa shape index (κ2) is 18.2. The molecule has 0 spiro atoms. The normalized spacial score (nSPS) is 13.7. The maximum atomic E-state index is 5.08. The molecule has 0 unspecified atom stereocenters. The molecule has 0 amide bonds. The molecule has 3 heterocycles. The standard InChI is InChI=1S/C67H70N4/c1-44(2)57-27-21-28-58(45(3)4)64(57)48-30-33-55(34-31-48)69-43-70(47(6)46(69)5)56-39-53(66(10,11)12)38-54(40-56)67(49-22-15-13-16-23-49,50-24-17-14-18-25-50)52-32-35-60-59-26-19-20-29-61(59)71(62(60)41-52)63-42-51(36-37-68-63)65(7,8)9/h13-42,44-45H,43H2,1-12H3. The molecule has 0 atom stereocenters. The van der Waals surface area contributed by atoms with Gasteiger partial charge in [0.15, 0.2) is 0 Å². The molecule has 358 valence electrons. The van der Waals surface area contributed by atoms with Gasteiger partial charge >= 0.3 is 0 Å². The van der Waals surface area contributed by atoms with Crippen LogP contribution < -0.4 is 9.80 Å². The minimum absolute atomic E-state index is 0.0337. The first-order chi connectivity index (χ1) is 34.0. The van der Waals surface area contributed by atoms with Crippen LogP contribution in [0.1, 0.15) is 139 Å². The van der Waals surface area contributed by atoms with Crippen molar-refractivity contribution in [3.63, 3.8) is 0 Å². The van der Waals surface area contributed by atoms with Crippen molar-refractivity contribution in [3.05, 3.63) is 238 Å². The van der Waals surface area contributed by atoms with Crippen LogP contribution in [0.5, 0.6) is 0 Å². The van der Waals surface area contributed by atoms with E-state index in [4.69, 9.17) is 4.98 Å². The molecular formula is C67H70N4. The maximum Gasteiger partial charge on any atom is 0.137 e. The first-order valence-corrected chi connectivity index (χ1v) is 25.7. The number of allylic oxidation sites excluding steroid dienone is 2. The van der Waals surface area contributed by atoms with Gasteiger partial charge in [0.1, 0.15) is 5.82 Å². The topological polar surface area (TPSA) is 24.3 Å². The lowest BCUT2D eigenvalue weighted by atomic mass is 9.64. The summed E-state index contributed by atoms with van der Waals surface area (Å²) in [6.07, 6.45) is 1.97. The summed E-state index contributed by atoms with van der Waals surface area (Å²) < 4.78 is 2.38. The van der Waals surface area contributed by atoms with E-state index < -0.39 is 5.41 Å². The molecule has 0 bridgehead atoms. The van der Waals surface area contributed by atoms with Gasteiger partial charge in [-0.2, -0.15) is 0 Å². The zero-order valence-corrected chi connectivity index (χ0v) is 44.0. The van der Waals surface area contributed by atoms with Crippen molar-refractivity contribution in [2.75, 3.05) is 16.5 Å². The Kier molecular flexibility index (Phi) is 12.2. The second-order valence-electron chi connectivity index (χ2n) is 22.6. The van der Waals surface area contributed by atoms with Crippen molar-refractivity contribution in [3.8, 4) is 16.9 Å². The highest BCUT2D eigenvalue weighted by Gasteiger charge is 2.41. The molecule has 1 aliphatic rings. The molecule has 0 fully saturated rings. The van der Waals surface area contributed by atoms with E-state index in [9.17, 15) is 0 Å². The van der Waals surface area contributed by atoms with Gasteiger partial charge in [0.2, 0.25) is 0 Å². The van der Waals surface area contributed by atoms with Crippen LogP contribution in [0.4, 0.5) is 11.4 Å². The quantitative estimate of drug-likeness (QED) is 0.128. The molecular weight excluding hydrogens is 861 g/mol. The Balaban J connectivity index is 1.17. The summed E-state index contributed by atoms with van der Waals surface area (Å²) in [5.74, 6) is 1.79. The molecule has 2 aromatic heterocycles. The van der Waals surface area contributed by atoms with Gasteiger partial charge in [-0.25, -0.2) is 4.98 Å². The molecule has 0 aliphatic carbocycles. The first kappa shape index (κ1) is 47.5. The molecule has 4 nitrogen and oxygen atoms in total. The summed E-state index contributed by atoms with van der Waals surface area (Å²) in [7, 11) is 0. The van der Waals surface area contributed by atoms with E-state index in [1.165, 1.54) is 89.2 Å². The molecule has 0 saturated carbocycles. The van der Waals surface area contributed by atoms with Crippen molar-refractivity contribution in [2.24, 2.45) is 0 Å². The van der Waals surface area contributed by atoms with E-state index in [0.29, 0.717) is 18.5 Å². The van der Waals surface area contributed by atoms with Crippen molar-refractivity contribution < 1.29 is 0 Å². The summed E-state index contributed by atoms with van der Waals surface area (Å²) >= 11 is 0. The Morgan fingerprint density at radius 1 is 0.437 bits per heavy atom. The van der Waals surface area contributed by atoms with Crippen LogP contribution in [0.15, 0.2) is 194 Å². The average Bonchev–Trinajstić information content (AvgIpc) is 3.86. The lowest BCUT2D eigenvalue weighted by molar-refractivity contribution is 0.587. The number of hydrogen-bond acceptors (Lipinski definition) is 3. The van der Waals surface area contributed by atoms with E-state index >= 15 is 0 Å². The molecule has 9 aromatic rings. The summed E-state index contributed by atoms with van der Waals surface area (Å²) in [6.45, 7) is 28.4. The molecule has 10 rings (SSSR count). The van der Waals surface area contributed by atoms with Crippen LogP contribution >= 0.6 is 0 Å². The first-order valence-electron chi connectivity index (χ1n) is 25.7. The smallest absolute Gasteiger partial charge is 0.137 e. The van der Waals surface area contributed by atoms with Crippen molar-refractivity contribution >= 4 is 33.2 Å². The average molecular weight is 931 g/mol. The van der Waals surface area contributed by atoms with E-state index in [1.807, 2.05) is 6.20 Å². The molecule has 7 aromatic carbocycles. The van der Waals surface area contributed by atoms with E-state index in [1.54, 1.807) is 0 Å². The number of hydrogen-bond donors (Lipinski definition) is 0. The highest BCUT2D eigenvalue weighted by atomic mass is 15.4. The van der Waals surface area contributed by atoms with Crippen molar-refractivity contribution in [2.45, 2.75) is 111 Å². The third kappa shape index (κ3) is 8.35. The third-order valence-electron chi connectivity index (χ3n) is 15.3. The van der Waals surface area contributed by atoms with Gasteiger partial charge in [-0.15, -0.1) is 0 Å². The molecule has 4 heteroatoms. The predicted molar refractivity (Wildman–Crippen MR) is 303 cm³/mol. The number of nitrogens with zero attached hydrogens (tertiary/aromatic N) is 4. The molecule has 1 aliphatic heterocycles. The van der Waals surface area contributed by atoms with Gasteiger partial charge in [-0.3, -0.25) is 4.57 Å². The zero-order chi connectivity index (χ0) is 50.0. The van der Waals surface area contributed by atoms with Crippen molar-refractivity contribution in [1.29, 1.82) is 0 Å². The SMILES string of the molecule is CC1=C(C)N(c2cc(C(C)(C)C)cc(C(c3ccccc3)(c3ccccc3)c3ccc4c5ccccc5n(-c5cc(C(C)(C)C)ccn5)c4c3)c2)CN1c1ccc(-c2c(C(C)C)cccc2C(C)C)cc1. The Hall–Kier alpha value is -7.17. The van der Waals surface area contributed by atoms with E-state index in [2.05, 4.69) is 273 Å².